The molecule has 0 aliphatic carbocycles. The highest BCUT2D eigenvalue weighted by atomic mass is 32.1. The molecule has 4 nitrogen and oxygen atoms in total. The van der Waals surface area contributed by atoms with E-state index in [0.717, 1.165) is 37.6 Å². The topological polar surface area (TPSA) is 49.9 Å². The highest BCUT2D eigenvalue weighted by molar-refractivity contribution is 7.13. The molecular formula is C13H17N3OS. The molecule has 1 aliphatic heterocycles. The fraction of sp³-hybridized carbons (Fsp3) is 0.462. The van der Waals surface area contributed by atoms with Gasteiger partial charge in [-0.1, -0.05) is 0 Å². The van der Waals surface area contributed by atoms with Crippen LogP contribution in [0.5, 0.6) is 0 Å². The van der Waals surface area contributed by atoms with Gasteiger partial charge in [0.15, 0.2) is 0 Å². The Morgan fingerprint density at radius 2 is 2.50 bits per heavy atom. The molecule has 0 saturated carbocycles. The van der Waals surface area contributed by atoms with Gasteiger partial charge in [-0.25, -0.2) is 4.98 Å². The van der Waals surface area contributed by atoms with Crippen LogP contribution in [0.1, 0.15) is 11.4 Å². The molecule has 2 N–H and O–H groups in total. The number of imidazole rings is 1. The second-order valence-corrected chi connectivity index (χ2v) is 5.49. The van der Waals surface area contributed by atoms with Crippen LogP contribution < -0.4 is 5.32 Å². The van der Waals surface area contributed by atoms with Crippen molar-refractivity contribution in [2.24, 2.45) is 0 Å². The van der Waals surface area contributed by atoms with Gasteiger partial charge in [-0.05, 0) is 23.9 Å². The van der Waals surface area contributed by atoms with Crippen molar-refractivity contribution in [1.82, 2.24) is 15.3 Å². The lowest BCUT2D eigenvalue weighted by atomic mass is 10.2. The highest BCUT2D eigenvalue weighted by Crippen LogP contribution is 2.27. The number of H-pyrrole nitrogens is 1. The lowest BCUT2D eigenvalue weighted by molar-refractivity contribution is 0.0281. The molecule has 0 amide bonds. The van der Waals surface area contributed by atoms with Crippen molar-refractivity contribution >= 4 is 11.3 Å². The first-order valence-corrected chi connectivity index (χ1v) is 7.11. The summed E-state index contributed by atoms with van der Waals surface area (Å²) in [6, 6.07) is 2.13. The molecule has 1 atom stereocenters. The Bertz CT molecular complexity index is 514. The molecule has 96 valence electrons. The zero-order valence-corrected chi connectivity index (χ0v) is 11.2. The molecule has 1 fully saturated rings. The Labute approximate surface area is 110 Å². The van der Waals surface area contributed by atoms with Gasteiger partial charge in [0.05, 0.1) is 29.5 Å². The quantitative estimate of drug-likeness (QED) is 0.890. The van der Waals surface area contributed by atoms with E-state index in [9.17, 15) is 0 Å². The van der Waals surface area contributed by atoms with E-state index in [1.807, 2.05) is 6.20 Å². The van der Waals surface area contributed by atoms with Crippen molar-refractivity contribution in [3.8, 4) is 10.6 Å². The third kappa shape index (κ3) is 2.48. The number of morpholine rings is 1. The Hall–Kier alpha value is -1.17. The number of nitrogens with one attached hydrogen (secondary N) is 2. The number of aryl methyl sites for hydroxylation is 1. The maximum atomic E-state index is 5.69. The summed E-state index contributed by atoms with van der Waals surface area (Å²) >= 11 is 1.75. The smallest absolute Gasteiger partial charge is 0.109 e. The largest absolute Gasteiger partial charge is 0.375 e. The number of rotatable bonds is 3. The van der Waals surface area contributed by atoms with Crippen molar-refractivity contribution in [3.05, 3.63) is 29.0 Å². The van der Waals surface area contributed by atoms with Gasteiger partial charge >= 0.3 is 0 Å². The summed E-state index contributed by atoms with van der Waals surface area (Å²) in [6.45, 7) is 4.78. The molecule has 3 rings (SSSR count). The molecule has 1 saturated heterocycles. The Morgan fingerprint density at radius 1 is 1.56 bits per heavy atom. The van der Waals surface area contributed by atoms with Crippen LogP contribution in [0.2, 0.25) is 0 Å². The second-order valence-electron chi connectivity index (χ2n) is 4.58. The first-order chi connectivity index (χ1) is 8.83. The lowest BCUT2D eigenvalue weighted by Gasteiger charge is -2.22. The van der Waals surface area contributed by atoms with Crippen LogP contribution in [0.25, 0.3) is 10.6 Å². The van der Waals surface area contributed by atoms with E-state index < -0.39 is 0 Å². The number of hydrogen-bond acceptors (Lipinski definition) is 4. The Balaban J connectivity index is 1.71. The minimum Gasteiger partial charge on any atom is -0.375 e. The van der Waals surface area contributed by atoms with Gasteiger partial charge in [0.2, 0.25) is 0 Å². The van der Waals surface area contributed by atoms with Crippen molar-refractivity contribution < 1.29 is 4.74 Å². The van der Waals surface area contributed by atoms with Crippen LogP contribution in [0.3, 0.4) is 0 Å². The standard InChI is InChI=1S/C13H17N3OS/c1-9-2-5-18-13(9)11-8-15-12(16-11)6-10-7-14-3-4-17-10/h2,5,8,10,14H,3-4,6-7H2,1H3,(H,15,16). The second kappa shape index (κ2) is 5.22. The molecule has 0 aromatic carbocycles. The third-order valence-electron chi connectivity index (χ3n) is 3.16. The summed E-state index contributed by atoms with van der Waals surface area (Å²) in [5.41, 5.74) is 2.41. The number of ether oxygens (including phenoxy) is 1. The van der Waals surface area contributed by atoms with Crippen molar-refractivity contribution in [3.63, 3.8) is 0 Å². The Morgan fingerprint density at radius 3 is 3.22 bits per heavy atom. The summed E-state index contributed by atoms with van der Waals surface area (Å²) in [7, 11) is 0. The van der Waals surface area contributed by atoms with Gasteiger partial charge in [-0.2, -0.15) is 0 Å². The Kier molecular flexibility index (Phi) is 3.45. The molecule has 1 aliphatic rings. The summed E-state index contributed by atoms with van der Waals surface area (Å²) in [5.74, 6) is 1.01. The van der Waals surface area contributed by atoms with Gasteiger partial charge < -0.3 is 15.0 Å². The van der Waals surface area contributed by atoms with Gasteiger partial charge in [-0.3, -0.25) is 0 Å². The SMILES string of the molecule is Cc1ccsc1-c1cnc(CC2CNCCO2)[nH]1. The van der Waals surface area contributed by atoms with E-state index in [0.29, 0.717) is 0 Å². The van der Waals surface area contributed by atoms with Crippen LogP contribution in [0.15, 0.2) is 17.6 Å². The van der Waals surface area contributed by atoms with Crippen LogP contribution in [0, 0.1) is 6.92 Å². The molecule has 5 heteroatoms. The fourth-order valence-corrected chi connectivity index (χ4v) is 3.09. The molecule has 0 bridgehead atoms. The maximum Gasteiger partial charge on any atom is 0.109 e. The average Bonchev–Trinajstić information content (AvgIpc) is 2.99. The first kappa shape index (κ1) is 11.9. The molecule has 2 aromatic heterocycles. The van der Waals surface area contributed by atoms with E-state index in [-0.39, 0.29) is 6.10 Å². The molecular weight excluding hydrogens is 246 g/mol. The van der Waals surface area contributed by atoms with Crippen molar-refractivity contribution in [2.75, 3.05) is 19.7 Å². The molecule has 2 aromatic rings. The van der Waals surface area contributed by atoms with E-state index >= 15 is 0 Å². The molecule has 0 radical (unpaired) electrons. The predicted molar refractivity (Wildman–Crippen MR) is 73.0 cm³/mol. The third-order valence-corrected chi connectivity index (χ3v) is 4.21. The van der Waals surface area contributed by atoms with Gasteiger partial charge in [0.1, 0.15) is 5.82 Å². The number of hydrogen-bond donors (Lipinski definition) is 2. The number of aromatic nitrogens is 2. The number of thiophene rings is 1. The van der Waals surface area contributed by atoms with Crippen LogP contribution in [-0.2, 0) is 11.2 Å². The maximum absolute atomic E-state index is 5.69. The molecule has 3 heterocycles. The normalized spacial score (nSPS) is 20.2. The van der Waals surface area contributed by atoms with Gasteiger partial charge in [0.25, 0.3) is 0 Å². The first-order valence-electron chi connectivity index (χ1n) is 6.23. The van der Waals surface area contributed by atoms with E-state index in [2.05, 4.69) is 33.7 Å². The predicted octanol–water partition coefficient (Wildman–Crippen LogP) is 1.98. The molecule has 0 spiro atoms. The van der Waals surface area contributed by atoms with E-state index in [1.165, 1.54) is 10.4 Å². The summed E-state index contributed by atoms with van der Waals surface area (Å²) in [5, 5.41) is 5.44. The van der Waals surface area contributed by atoms with E-state index in [4.69, 9.17) is 4.74 Å². The van der Waals surface area contributed by atoms with E-state index in [1.54, 1.807) is 11.3 Å². The monoisotopic (exact) mass is 263 g/mol. The zero-order valence-electron chi connectivity index (χ0n) is 10.4. The minimum absolute atomic E-state index is 0.238. The van der Waals surface area contributed by atoms with Crippen molar-refractivity contribution in [2.45, 2.75) is 19.4 Å². The molecule has 1 unspecified atom stereocenters. The van der Waals surface area contributed by atoms with Gasteiger partial charge in [-0.15, -0.1) is 11.3 Å². The summed E-state index contributed by atoms with van der Waals surface area (Å²) in [4.78, 5) is 9.12. The van der Waals surface area contributed by atoms with Gasteiger partial charge in [0, 0.05) is 19.5 Å². The van der Waals surface area contributed by atoms with Crippen LogP contribution in [0.4, 0.5) is 0 Å². The molecule has 18 heavy (non-hydrogen) atoms. The zero-order chi connectivity index (χ0) is 12.4. The fourth-order valence-electron chi connectivity index (χ4n) is 2.20. The van der Waals surface area contributed by atoms with Crippen LogP contribution in [-0.4, -0.2) is 35.8 Å². The summed E-state index contributed by atoms with van der Waals surface area (Å²) < 4.78 is 5.69. The lowest BCUT2D eigenvalue weighted by Crippen LogP contribution is -2.39. The number of nitrogens with zero attached hydrogens (tertiary/aromatic N) is 1. The highest BCUT2D eigenvalue weighted by Gasteiger charge is 2.16. The minimum atomic E-state index is 0.238. The number of aromatic amines is 1. The van der Waals surface area contributed by atoms with Crippen molar-refractivity contribution in [1.29, 1.82) is 0 Å². The average molecular weight is 263 g/mol. The summed E-state index contributed by atoms with van der Waals surface area (Å²) in [6.07, 6.45) is 3.00. The van der Waals surface area contributed by atoms with Crippen LogP contribution >= 0.6 is 11.3 Å².